The number of phenols is 1. The average molecular weight is 398 g/mol. The van der Waals surface area contributed by atoms with Crippen LogP contribution < -0.4 is 10.2 Å². The van der Waals surface area contributed by atoms with Gasteiger partial charge in [0, 0.05) is 52.9 Å². The minimum atomic E-state index is -3.14. The summed E-state index contributed by atoms with van der Waals surface area (Å²) in [4.78, 5) is 8.70. The van der Waals surface area contributed by atoms with Crippen LogP contribution in [0.4, 0.5) is 5.69 Å². The lowest BCUT2D eigenvalue weighted by Crippen LogP contribution is -2.52. The van der Waals surface area contributed by atoms with E-state index < -0.39 is 10.0 Å². The van der Waals surface area contributed by atoms with Crippen LogP contribution >= 0.6 is 0 Å². The lowest BCUT2D eigenvalue weighted by Gasteiger charge is -2.37. The normalized spacial score (nSPS) is 16.1. The van der Waals surface area contributed by atoms with Gasteiger partial charge >= 0.3 is 0 Å². The van der Waals surface area contributed by atoms with Crippen LogP contribution in [0.2, 0.25) is 0 Å². The molecular formula is C18H31N5O3S. The monoisotopic (exact) mass is 397 g/mol. The number of sulfonamides is 1. The van der Waals surface area contributed by atoms with E-state index in [0.717, 1.165) is 44.2 Å². The first-order valence-electron chi connectivity index (χ1n) is 9.30. The van der Waals surface area contributed by atoms with Crippen molar-refractivity contribution in [1.29, 1.82) is 0 Å². The van der Waals surface area contributed by atoms with Crippen LogP contribution in [0.25, 0.3) is 0 Å². The number of phenolic OH excluding ortho intramolecular Hbond substituents is 1. The minimum absolute atomic E-state index is 0.305. The maximum absolute atomic E-state index is 11.6. The predicted molar refractivity (Wildman–Crippen MR) is 110 cm³/mol. The van der Waals surface area contributed by atoms with E-state index in [9.17, 15) is 13.5 Å². The van der Waals surface area contributed by atoms with Crippen LogP contribution in [0.3, 0.4) is 0 Å². The molecule has 1 heterocycles. The van der Waals surface area contributed by atoms with Crippen LogP contribution in [0.1, 0.15) is 13.3 Å². The standard InChI is InChI=1S/C18H31N5O3S/c1-4-23(27(3,25)26)11-7-10-20-18(19-2)22-14-12-21(13-15-22)16-8-5-6-9-17(16)24/h5-6,8-9,24H,4,7,10-15H2,1-3H3,(H,19,20). The van der Waals surface area contributed by atoms with Gasteiger partial charge in [0.2, 0.25) is 10.0 Å². The maximum atomic E-state index is 11.6. The summed E-state index contributed by atoms with van der Waals surface area (Å²) < 4.78 is 24.7. The van der Waals surface area contributed by atoms with Crippen LogP contribution in [0, 0.1) is 0 Å². The van der Waals surface area contributed by atoms with Crippen molar-refractivity contribution >= 4 is 21.7 Å². The molecule has 0 radical (unpaired) electrons. The molecule has 0 aromatic heterocycles. The third-order valence-electron chi connectivity index (χ3n) is 4.70. The number of hydrogen-bond acceptors (Lipinski definition) is 5. The molecule has 0 spiro atoms. The number of para-hydroxylation sites is 2. The van der Waals surface area contributed by atoms with Crippen LogP contribution in [-0.4, -0.2) is 87.8 Å². The molecule has 2 rings (SSSR count). The van der Waals surface area contributed by atoms with Crippen molar-refractivity contribution < 1.29 is 13.5 Å². The van der Waals surface area contributed by atoms with Gasteiger partial charge in [-0.3, -0.25) is 4.99 Å². The molecule has 27 heavy (non-hydrogen) atoms. The summed E-state index contributed by atoms with van der Waals surface area (Å²) in [6.07, 6.45) is 1.96. The Labute approximate surface area is 162 Å². The Morgan fingerprint density at radius 3 is 2.48 bits per heavy atom. The van der Waals surface area contributed by atoms with Crippen LogP contribution in [0.5, 0.6) is 5.75 Å². The fourth-order valence-corrected chi connectivity index (χ4v) is 4.17. The first-order valence-corrected chi connectivity index (χ1v) is 11.1. The van der Waals surface area contributed by atoms with E-state index in [1.165, 1.54) is 10.6 Å². The molecule has 0 unspecified atom stereocenters. The summed E-state index contributed by atoms with van der Waals surface area (Å²) in [7, 11) is -1.38. The van der Waals surface area contributed by atoms with Gasteiger partial charge in [-0.25, -0.2) is 12.7 Å². The molecular weight excluding hydrogens is 366 g/mol. The second-order valence-corrected chi connectivity index (χ2v) is 8.53. The first-order chi connectivity index (χ1) is 12.9. The maximum Gasteiger partial charge on any atom is 0.211 e. The van der Waals surface area contributed by atoms with E-state index in [1.807, 2.05) is 25.1 Å². The van der Waals surface area contributed by atoms with Crippen molar-refractivity contribution in [3.05, 3.63) is 24.3 Å². The summed E-state index contributed by atoms with van der Waals surface area (Å²) >= 11 is 0. The lowest BCUT2D eigenvalue weighted by atomic mass is 10.2. The molecule has 0 atom stereocenters. The van der Waals surface area contributed by atoms with Gasteiger partial charge in [-0.2, -0.15) is 0 Å². The zero-order valence-electron chi connectivity index (χ0n) is 16.4. The Bertz CT molecular complexity index is 730. The van der Waals surface area contributed by atoms with E-state index in [2.05, 4.69) is 20.1 Å². The number of nitrogens with zero attached hydrogens (tertiary/aromatic N) is 4. The Morgan fingerprint density at radius 2 is 1.93 bits per heavy atom. The summed E-state index contributed by atoms with van der Waals surface area (Å²) in [6.45, 7) is 6.71. The molecule has 1 saturated heterocycles. The number of benzene rings is 1. The number of rotatable bonds is 7. The van der Waals surface area contributed by atoms with Gasteiger partial charge < -0.3 is 20.2 Å². The van der Waals surface area contributed by atoms with Crippen molar-refractivity contribution in [2.75, 3.05) is 64.0 Å². The van der Waals surface area contributed by atoms with Gasteiger partial charge in [0.1, 0.15) is 5.75 Å². The van der Waals surface area contributed by atoms with Crippen molar-refractivity contribution in [3.63, 3.8) is 0 Å². The number of piperazine rings is 1. The molecule has 0 aliphatic carbocycles. The van der Waals surface area contributed by atoms with Crippen molar-refractivity contribution in [3.8, 4) is 5.75 Å². The number of nitrogens with one attached hydrogen (secondary N) is 1. The Hall–Kier alpha value is -2.00. The second-order valence-electron chi connectivity index (χ2n) is 6.55. The van der Waals surface area contributed by atoms with E-state index >= 15 is 0 Å². The predicted octanol–water partition coefficient (Wildman–Crippen LogP) is 0.761. The zero-order valence-corrected chi connectivity index (χ0v) is 17.2. The molecule has 152 valence electrons. The van der Waals surface area contributed by atoms with E-state index in [1.54, 1.807) is 13.1 Å². The molecule has 0 bridgehead atoms. The molecule has 8 nitrogen and oxygen atoms in total. The summed E-state index contributed by atoms with van der Waals surface area (Å²) in [5, 5.41) is 13.3. The van der Waals surface area contributed by atoms with Gasteiger partial charge in [-0.1, -0.05) is 19.1 Å². The topological polar surface area (TPSA) is 88.5 Å². The summed E-state index contributed by atoms with van der Waals surface area (Å²) in [5.41, 5.74) is 0.862. The molecule has 2 N–H and O–H groups in total. The summed E-state index contributed by atoms with van der Waals surface area (Å²) in [6, 6.07) is 7.39. The Morgan fingerprint density at radius 1 is 1.26 bits per heavy atom. The van der Waals surface area contributed by atoms with Gasteiger partial charge in [0.25, 0.3) is 0 Å². The highest BCUT2D eigenvalue weighted by molar-refractivity contribution is 7.88. The fourth-order valence-electron chi connectivity index (χ4n) is 3.24. The van der Waals surface area contributed by atoms with Gasteiger partial charge in [-0.05, 0) is 18.6 Å². The number of aromatic hydroxyl groups is 1. The third-order valence-corrected chi connectivity index (χ3v) is 6.08. The number of guanidine groups is 1. The van der Waals surface area contributed by atoms with Crippen LogP contribution in [-0.2, 0) is 10.0 Å². The Balaban J connectivity index is 1.80. The van der Waals surface area contributed by atoms with E-state index in [4.69, 9.17) is 0 Å². The first kappa shape index (κ1) is 21.3. The molecule has 1 aliphatic heterocycles. The van der Waals surface area contributed by atoms with Crippen molar-refractivity contribution in [1.82, 2.24) is 14.5 Å². The van der Waals surface area contributed by atoms with E-state index in [0.29, 0.717) is 25.4 Å². The molecule has 1 aliphatic rings. The largest absolute Gasteiger partial charge is 0.506 e. The smallest absolute Gasteiger partial charge is 0.211 e. The Kier molecular flexibility index (Phi) is 7.73. The van der Waals surface area contributed by atoms with Gasteiger partial charge in [0.15, 0.2) is 5.96 Å². The number of aliphatic imine (C=N–C) groups is 1. The molecule has 0 saturated carbocycles. The molecule has 1 aromatic carbocycles. The van der Waals surface area contributed by atoms with Gasteiger partial charge in [0.05, 0.1) is 11.9 Å². The molecule has 0 amide bonds. The highest BCUT2D eigenvalue weighted by atomic mass is 32.2. The minimum Gasteiger partial charge on any atom is -0.506 e. The highest BCUT2D eigenvalue weighted by Gasteiger charge is 2.21. The lowest BCUT2D eigenvalue weighted by molar-refractivity contribution is 0.367. The van der Waals surface area contributed by atoms with Crippen LogP contribution in [0.15, 0.2) is 29.3 Å². The highest BCUT2D eigenvalue weighted by Crippen LogP contribution is 2.27. The second kappa shape index (κ2) is 9.80. The van der Waals surface area contributed by atoms with Crippen molar-refractivity contribution in [2.24, 2.45) is 4.99 Å². The summed E-state index contributed by atoms with van der Waals surface area (Å²) in [5.74, 6) is 1.13. The fraction of sp³-hybridized carbons (Fsp3) is 0.611. The molecule has 1 aromatic rings. The zero-order chi connectivity index (χ0) is 19.9. The number of hydrogen-bond donors (Lipinski definition) is 2. The third kappa shape index (κ3) is 6.00. The molecule has 9 heteroatoms. The molecule has 1 fully saturated rings. The number of anilines is 1. The van der Waals surface area contributed by atoms with Gasteiger partial charge in [-0.15, -0.1) is 0 Å². The quantitative estimate of drug-likeness (QED) is 0.401. The van der Waals surface area contributed by atoms with E-state index in [-0.39, 0.29) is 0 Å². The van der Waals surface area contributed by atoms with Crippen molar-refractivity contribution in [2.45, 2.75) is 13.3 Å². The average Bonchev–Trinajstić information content (AvgIpc) is 2.64. The SMILES string of the molecule is CCN(CCCNC(=NC)N1CCN(c2ccccc2O)CC1)S(C)(=O)=O.